The molecule has 0 aliphatic rings. The third kappa shape index (κ3) is 2.77. The Hall–Kier alpha value is -3.34. The summed E-state index contributed by atoms with van der Waals surface area (Å²) in [5.74, 6) is 0.841. The summed E-state index contributed by atoms with van der Waals surface area (Å²) in [6.07, 6.45) is 1.52. The molecule has 0 saturated carbocycles. The number of carbonyl (C=O) groups excluding carboxylic acids is 1. The summed E-state index contributed by atoms with van der Waals surface area (Å²) in [7, 11) is 1.96. The van der Waals surface area contributed by atoms with Crippen LogP contribution >= 0.6 is 0 Å². The Morgan fingerprint density at radius 1 is 1.08 bits per heavy atom. The van der Waals surface area contributed by atoms with Crippen molar-refractivity contribution in [3.05, 3.63) is 89.6 Å². The molecular formula is C21H19N3O2. The summed E-state index contributed by atoms with van der Waals surface area (Å²) in [4.78, 5) is 17.5. The van der Waals surface area contributed by atoms with Gasteiger partial charge in [-0.25, -0.2) is 4.98 Å². The fraction of sp³-hybridized carbons (Fsp3) is 0.143. The van der Waals surface area contributed by atoms with Gasteiger partial charge < -0.3 is 14.3 Å². The minimum atomic E-state index is -0.384. The van der Waals surface area contributed by atoms with Crippen molar-refractivity contribution < 1.29 is 9.21 Å². The van der Waals surface area contributed by atoms with E-state index >= 15 is 0 Å². The second-order valence-corrected chi connectivity index (χ2v) is 6.27. The zero-order valence-electron chi connectivity index (χ0n) is 14.6. The molecule has 0 saturated heterocycles. The molecular weight excluding hydrogens is 326 g/mol. The Labute approximate surface area is 151 Å². The van der Waals surface area contributed by atoms with Gasteiger partial charge in [-0.15, -0.1) is 0 Å². The summed E-state index contributed by atoms with van der Waals surface area (Å²) in [6, 6.07) is 19.2. The van der Waals surface area contributed by atoms with E-state index in [-0.39, 0.29) is 11.9 Å². The van der Waals surface area contributed by atoms with Crippen LogP contribution in [0.4, 0.5) is 0 Å². The molecule has 5 nitrogen and oxygen atoms in total. The van der Waals surface area contributed by atoms with Gasteiger partial charge >= 0.3 is 0 Å². The number of fused-ring (bicyclic) bond motifs is 1. The van der Waals surface area contributed by atoms with Gasteiger partial charge in [0.2, 0.25) is 0 Å². The molecule has 0 radical (unpaired) electrons. The van der Waals surface area contributed by atoms with Crippen molar-refractivity contribution in [2.45, 2.75) is 13.0 Å². The van der Waals surface area contributed by atoms with Crippen LogP contribution in [0.25, 0.3) is 11.0 Å². The minimum absolute atomic E-state index is 0.256. The molecule has 1 amide bonds. The number of nitrogens with one attached hydrogen (secondary N) is 1. The van der Waals surface area contributed by atoms with Gasteiger partial charge in [0.15, 0.2) is 5.76 Å². The smallest absolute Gasteiger partial charge is 0.288 e. The average Bonchev–Trinajstić information content (AvgIpc) is 3.24. The number of aromatic nitrogens is 2. The quantitative estimate of drug-likeness (QED) is 0.608. The maximum atomic E-state index is 12.8. The van der Waals surface area contributed by atoms with Crippen LogP contribution in [0.1, 0.15) is 33.5 Å². The second-order valence-electron chi connectivity index (χ2n) is 6.27. The molecule has 130 valence electrons. The number of imidazole rings is 1. The van der Waals surface area contributed by atoms with Gasteiger partial charge in [-0.05, 0) is 30.7 Å². The third-order valence-electron chi connectivity index (χ3n) is 4.56. The van der Waals surface area contributed by atoms with Gasteiger partial charge in [0.1, 0.15) is 11.9 Å². The Kier molecular flexibility index (Phi) is 4.05. The topological polar surface area (TPSA) is 60.1 Å². The van der Waals surface area contributed by atoms with Crippen LogP contribution in [0.2, 0.25) is 0 Å². The third-order valence-corrected chi connectivity index (χ3v) is 4.56. The van der Waals surface area contributed by atoms with E-state index in [1.54, 1.807) is 6.07 Å². The first-order valence-electron chi connectivity index (χ1n) is 8.46. The van der Waals surface area contributed by atoms with Gasteiger partial charge in [0.25, 0.3) is 5.91 Å². The molecule has 0 aliphatic heterocycles. The summed E-state index contributed by atoms with van der Waals surface area (Å²) in [5, 5.41) is 3.08. The van der Waals surface area contributed by atoms with Gasteiger partial charge in [-0.1, -0.05) is 42.5 Å². The number of benzene rings is 2. The number of para-hydroxylation sites is 2. The molecule has 26 heavy (non-hydrogen) atoms. The number of aryl methyl sites for hydroxylation is 2. The molecule has 2 aromatic carbocycles. The number of carbonyl (C=O) groups is 1. The van der Waals surface area contributed by atoms with Gasteiger partial charge in [0, 0.05) is 12.6 Å². The van der Waals surface area contributed by atoms with Crippen LogP contribution < -0.4 is 5.32 Å². The number of amides is 1. The van der Waals surface area contributed by atoms with Crippen molar-refractivity contribution in [2.24, 2.45) is 7.05 Å². The maximum absolute atomic E-state index is 12.8. The van der Waals surface area contributed by atoms with Crippen molar-refractivity contribution in [1.29, 1.82) is 0 Å². The summed E-state index contributed by atoms with van der Waals surface area (Å²) in [5.41, 5.74) is 3.68. The zero-order chi connectivity index (χ0) is 18.1. The largest absolute Gasteiger partial charge is 0.459 e. The Morgan fingerprint density at radius 3 is 2.50 bits per heavy atom. The molecule has 4 rings (SSSR count). The lowest BCUT2D eigenvalue weighted by molar-refractivity contribution is 0.0912. The fourth-order valence-corrected chi connectivity index (χ4v) is 3.17. The first kappa shape index (κ1) is 16.1. The summed E-state index contributed by atoms with van der Waals surface area (Å²) in [6.45, 7) is 1.85. The molecule has 2 heterocycles. The van der Waals surface area contributed by atoms with Crippen LogP contribution in [0.5, 0.6) is 0 Å². The molecule has 0 spiro atoms. The predicted octanol–water partition coefficient (Wildman–Crippen LogP) is 3.99. The molecule has 1 N–H and O–H groups in total. The highest BCUT2D eigenvalue weighted by Crippen LogP contribution is 2.25. The monoisotopic (exact) mass is 345 g/mol. The molecule has 1 atom stereocenters. The molecule has 4 aromatic rings. The normalized spacial score (nSPS) is 12.2. The van der Waals surface area contributed by atoms with Crippen LogP contribution in [0, 0.1) is 6.92 Å². The maximum Gasteiger partial charge on any atom is 0.288 e. The van der Waals surface area contributed by atoms with E-state index in [0.29, 0.717) is 5.76 Å². The number of furan rings is 1. The molecule has 0 aliphatic carbocycles. The van der Waals surface area contributed by atoms with Crippen molar-refractivity contribution in [3.63, 3.8) is 0 Å². The molecule has 2 aromatic heterocycles. The highest BCUT2D eigenvalue weighted by molar-refractivity contribution is 5.93. The van der Waals surface area contributed by atoms with E-state index in [9.17, 15) is 4.79 Å². The van der Waals surface area contributed by atoms with E-state index in [1.807, 2.05) is 73.1 Å². The average molecular weight is 345 g/mol. The van der Waals surface area contributed by atoms with E-state index in [4.69, 9.17) is 9.40 Å². The van der Waals surface area contributed by atoms with Crippen LogP contribution in [0.15, 0.2) is 71.3 Å². The van der Waals surface area contributed by atoms with Crippen molar-refractivity contribution in [2.75, 3.05) is 0 Å². The van der Waals surface area contributed by atoms with Gasteiger partial charge in [-0.2, -0.15) is 0 Å². The Morgan fingerprint density at radius 2 is 1.81 bits per heavy atom. The number of rotatable bonds is 4. The number of nitrogens with zero attached hydrogens (tertiary/aromatic N) is 2. The number of hydrogen-bond donors (Lipinski definition) is 1. The first-order chi connectivity index (χ1) is 12.6. The SMILES string of the molecule is Cc1ccoc1C(=O)N[C@H](c1ccccc1)c1nc2ccccc2n1C. The highest BCUT2D eigenvalue weighted by atomic mass is 16.3. The van der Waals surface area contributed by atoms with Gasteiger partial charge in [-0.3, -0.25) is 4.79 Å². The van der Waals surface area contributed by atoms with Crippen LogP contribution in [0.3, 0.4) is 0 Å². The Balaban J connectivity index is 1.79. The lowest BCUT2D eigenvalue weighted by Crippen LogP contribution is -2.31. The van der Waals surface area contributed by atoms with Crippen molar-refractivity contribution in [1.82, 2.24) is 14.9 Å². The van der Waals surface area contributed by atoms with E-state index < -0.39 is 0 Å². The predicted molar refractivity (Wildman–Crippen MR) is 99.9 cm³/mol. The van der Waals surface area contributed by atoms with Crippen LogP contribution in [-0.4, -0.2) is 15.5 Å². The lowest BCUT2D eigenvalue weighted by atomic mass is 10.1. The van der Waals surface area contributed by atoms with Gasteiger partial charge in [0.05, 0.1) is 17.3 Å². The summed E-state index contributed by atoms with van der Waals surface area (Å²) >= 11 is 0. The first-order valence-corrected chi connectivity index (χ1v) is 8.46. The molecule has 5 heteroatoms. The Bertz CT molecular complexity index is 1060. The summed E-state index contributed by atoms with van der Waals surface area (Å²) < 4.78 is 7.36. The van der Waals surface area contributed by atoms with Crippen LogP contribution in [-0.2, 0) is 7.05 Å². The van der Waals surface area contributed by atoms with E-state index in [1.165, 1.54) is 6.26 Å². The lowest BCUT2D eigenvalue weighted by Gasteiger charge is -2.19. The molecule has 0 unspecified atom stereocenters. The van der Waals surface area contributed by atoms with E-state index in [2.05, 4.69) is 5.32 Å². The van der Waals surface area contributed by atoms with Crippen molar-refractivity contribution >= 4 is 16.9 Å². The van der Waals surface area contributed by atoms with Crippen molar-refractivity contribution in [3.8, 4) is 0 Å². The fourth-order valence-electron chi connectivity index (χ4n) is 3.17. The highest BCUT2D eigenvalue weighted by Gasteiger charge is 2.24. The second kappa shape index (κ2) is 6.52. The molecule has 0 fully saturated rings. The van der Waals surface area contributed by atoms with E-state index in [0.717, 1.165) is 28.0 Å². The minimum Gasteiger partial charge on any atom is -0.459 e. The molecule has 0 bridgehead atoms. The number of hydrogen-bond acceptors (Lipinski definition) is 3. The zero-order valence-corrected chi connectivity index (χ0v) is 14.6. The standard InChI is InChI=1S/C21H19N3O2/c1-14-12-13-26-19(14)21(25)23-18(15-8-4-3-5-9-15)20-22-16-10-6-7-11-17(16)24(20)2/h3-13,18H,1-2H3,(H,23,25)/t18-/m1/s1.